The maximum atomic E-state index is 9.29. The number of rotatable bonds is 6. The molecule has 1 aromatic heterocycles. The lowest BCUT2D eigenvalue weighted by Crippen LogP contribution is -2.38. The van der Waals surface area contributed by atoms with Gasteiger partial charge in [0.15, 0.2) is 0 Å². The van der Waals surface area contributed by atoms with Gasteiger partial charge in [-0.2, -0.15) is 0 Å². The molecule has 3 rings (SSSR count). The molecule has 2 aromatic rings. The highest BCUT2D eigenvalue weighted by Crippen LogP contribution is 2.16. The molecule has 0 bridgehead atoms. The van der Waals surface area contributed by atoms with Crippen LogP contribution in [0.2, 0.25) is 0 Å². The normalized spacial score (nSPS) is 18.7. The lowest BCUT2D eigenvalue weighted by Gasteiger charge is -2.25. The number of nitrogens with one attached hydrogen (secondary N) is 1. The van der Waals surface area contributed by atoms with E-state index in [4.69, 9.17) is 0 Å². The third-order valence-electron chi connectivity index (χ3n) is 4.13. The highest BCUT2D eigenvalue weighted by atomic mass is 16.3. The van der Waals surface area contributed by atoms with Gasteiger partial charge in [0.25, 0.3) is 0 Å². The van der Waals surface area contributed by atoms with Gasteiger partial charge >= 0.3 is 0 Å². The molecular formula is C17H23N3O. The Balaban J connectivity index is 1.70. The van der Waals surface area contributed by atoms with E-state index in [-0.39, 0.29) is 6.61 Å². The zero-order valence-electron chi connectivity index (χ0n) is 12.3. The molecule has 1 aromatic carbocycles. The minimum Gasteiger partial charge on any atom is -0.395 e. The van der Waals surface area contributed by atoms with E-state index in [1.54, 1.807) is 0 Å². The summed E-state index contributed by atoms with van der Waals surface area (Å²) in [5, 5.41) is 14.0. The van der Waals surface area contributed by atoms with Crippen molar-refractivity contribution in [2.45, 2.75) is 25.4 Å². The molecule has 1 unspecified atom stereocenters. The van der Waals surface area contributed by atoms with Gasteiger partial charge < -0.3 is 10.4 Å². The van der Waals surface area contributed by atoms with Crippen molar-refractivity contribution in [3.05, 3.63) is 42.1 Å². The van der Waals surface area contributed by atoms with E-state index in [1.165, 1.54) is 23.8 Å². The Bertz CT molecular complexity index is 581. The zero-order chi connectivity index (χ0) is 14.5. The van der Waals surface area contributed by atoms with Gasteiger partial charge in [0.05, 0.1) is 12.1 Å². The largest absolute Gasteiger partial charge is 0.395 e. The minimum atomic E-state index is 0.210. The molecule has 1 atom stereocenters. The first-order chi connectivity index (χ1) is 10.3. The summed E-state index contributed by atoms with van der Waals surface area (Å²) in [6, 6.07) is 11.1. The van der Waals surface area contributed by atoms with Gasteiger partial charge in [-0.1, -0.05) is 12.1 Å². The fourth-order valence-corrected chi connectivity index (χ4v) is 3.08. The number of fused-ring (bicyclic) bond motifs is 1. The van der Waals surface area contributed by atoms with Crippen LogP contribution in [0.4, 0.5) is 0 Å². The first kappa shape index (κ1) is 14.4. The summed E-state index contributed by atoms with van der Waals surface area (Å²) in [6.45, 7) is 3.94. The van der Waals surface area contributed by atoms with Crippen LogP contribution >= 0.6 is 0 Å². The zero-order valence-corrected chi connectivity index (χ0v) is 12.3. The highest BCUT2D eigenvalue weighted by Gasteiger charge is 2.17. The van der Waals surface area contributed by atoms with Crippen molar-refractivity contribution in [3.63, 3.8) is 0 Å². The lowest BCUT2D eigenvalue weighted by molar-refractivity contribution is 0.179. The van der Waals surface area contributed by atoms with Crippen LogP contribution in [0, 0.1) is 0 Å². The van der Waals surface area contributed by atoms with E-state index < -0.39 is 0 Å². The molecule has 4 nitrogen and oxygen atoms in total. The molecule has 2 N–H and O–H groups in total. The van der Waals surface area contributed by atoms with Crippen LogP contribution in [0.1, 0.15) is 18.4 Å². The Morgan fingerprint density at radius 2 is 2.29 bits per heavy atom. The van der Waals surface area contributed by atoms with Crippen molar-refractivity contribution in [1.29, 1.82) is 0 Å². The summed E-state index contributed by atoms with van der Waals surface area (Å²) in [5.41, 5.74) is 2.31. The van der Waals surface area contributed by atoms with Crippen LogP contribution in [0.3, 0.4) is 0 Å². The summed E-state index contributed by atoms with van der Waals surface area (Å²) in [7, 11) is 0. The van der Waals surface area contributed by atoms with Crippen molar-refractivity contribution in [1.82, 2.24) is 15.2 Å². The van der Waals surface area contributed by atoms with Crippen molar-refractivity contribution in [2.75, 3.05) is 26.2 Å². The molecule has 0 radical (unpaired) electrons. The van der Waals surface area contributed by atoms with Crippen LogP contribution < -0.4 is 5.32 Å². The molecule has 1 fully saturated rings. The van der Waals surface area contributed by atoms with Gasteiger partial charge in [-0.15, -0.1) is 0 Å². The molecule has 1 aliphatic rings. The second-order valence-corrected chi connectivity index (χ2v) is 5.78. The van der Waals surface area contributed by atoms with Crippen molar-refractivity contribution < 1.29 is 5.11 Å². The van der Waals surface area contributed by atoms with Crippen molar-refractivity contribution in [2.24, 2.45) is 0 Å². The van der Waals surface area contributed by atoms with E-state index in [0.717, 1.165) is 31.7 Å². The number of pyridine rings is 1. The third kappa shape index (κ3) is 3.79. The predicted octanol–water partition coefficient (Wildman–Crippen LogP) is 1.78. The smallest absolute Gasteiger partial charge is 0.0702 e. The molecule has 112 valence electrons. The Labute approximate surface area is 125 Å². The number of nitrogens with zero attached hydrogens (tertiary/aromatic N) is 2. The molecule has 1 saturated heterocycles. The maximum Gasteiger partial charge on any atom is 0.0702 e. The van der Waals surface area contributed by atoms with Gasteiger partial charge in [-0.25, -0.2) is 0 Å². The quantitative estimate of drug-likeness (QED) is 0.849. The van der Waals surface area contributed by atoms with E-state index in [0.29, 0.717) is 6.04 Å². The SMILES string of the molecule is OCCN(Cc1ccc2ncccc2c1)CC1CCCN1. The summed E-state index contributed by atoms with van der Waals surface area (Å²) >= 11 is 0. The third-order valence-corrected chi connectivity index (χ3v) is 4.13. The second-order valence-electron chi connectivity index (χ2n) is 5.78. The van der Waals surface area contributed by atoms with Crippen molar-refractivity contribution >= 4 is 10.9 Å². The molecule has 0 saturated carbocycles. The van der Waals surface area contributed by atoms with Crippen LogP contribution in [-0.4, -0.2) is 47.3 Å². The number of hydrogen-bond acceptors (Lipinski definition) is 4. The molecule has 4 heteroatoms. The first-order valence-electron chi connectivity index (χ1n) is 7.75. The number of aromatic nitrogens is 1. The molecule has 21 heavy (non-hydrogen) atoms. The van der Waals surface area contributed by atoms with Gasteiger partial charge in [0.1, 0.15) is 0 Å². The molecule has 1 aliphatic heterocycles. The fourth-order valence-electron chi connectivity index (χ4n) is 3.08. The van der Waals surface area contributed by atoms with E-state index in [9.17, 15) is 5.11 Å². The fraction of sp³-hybridized carbons (Fsp3) is 0.471. The summed E-state index contributed by atoms with van der Waals surface area (Å²) in [6.07, 6.45) is 4.33. The van der Waals surface area contributed by atoms with Gasteiger partial charge in [0.2, 0.25) is 0 Å². The standard InChI is InChI=1S/C17H23N3O/c21-10-9-20(13-16-4-2-7-18-16)12-14-5-6-17-15(11-14)3-1-8-19-17/h1,3,5-6,8,11,16,18,21H,2,4,7,9-10,12-13H2. The number of benzene rings is 1. The van der Waals surface area contributed by atoms with Gasteiger partial charge in [-0.3, -0.25) is 9.88 Å². The van der Waals surface area contributed by atoms with Gasteiger partial charge in [0, 0.05) is 37.3 Å². The molecule has 0 amide bonds. The Kier molecular flexibility index (Phi) is 4.80. The predicted molar refractivity (Wildman–Crippen MR) is 85.1 cm³/mol. The lowest BCUT2D eigenvalue weighted by atomic mass is 10.1. The maximum absolute atomic E-state index is 9.29. The Morgan fingerprint density at radius 3 is 3.10 bits per heavy atom. The van der Waals surface area contributed by atoms with Gasteiger partial charge in [-0.05, 0) is 43.1 Å². The average molecular weight is 285 g/mol. The van der Waals surface area contributed by atoms with Crippen LogP contribution in [-0.2, 0) is 6.54 Å². The molecule has 2 heterocycles. The monoisotopic (exact) mass is 285 g/mol. The second kappa shape index (κ2) is 6.98. The first-order valence-corrected chi connectivity index (χ1v) is 7.75. The Hall–Kier alpha value is -1.49. The topological polar surface area (TPSA) is 48.4 Å². The summed E-state index contributed by atoms with van der Waals surface area (Å²) in [5.74, 6) is 0. The van der Waals surface area contributed by atoms with E-state index >= 15 is 0 Å². The summed E-state index contributed by atoms with van der Waals surface area (Å²) < 4.78 is 0. The van der Waals surface area contributed by atoms with E-state index in [1.807, 2.05) is 12.3 Å². The number of aliphatic hydroxyl groups is 1. The Morgan fingerprint density at radius 1 is 1.33 bits per heavy atom. The van der Waals surface area contributed by atoms with Crippen LogP contribution in [0.5, 0.6) is 0 Å². The van der Waals surface area contributed by atoms with Crippen LogP contribution in [0.25, 0.3) is 10.9 Å². The number of aliphatic hydroxyl groups excluding tert-OH is 1. The molecular weight excluding hydrogens is 262 g/mol. The average Bonchev–Trinajstić information content (AvgIpc) is 3.00. The summed E-state index contributed by atoms with van der Waals surface area (Å²) in [4.78, 5) is 6.69. The highest BCUT2D eigenvalue weighted by molar-refractivity contribution is 5.78. The van der Waals surface area contributed by atoms with Crippen molar-refractivity contribution in [3.8, 4) is 0 Å². The molecule has 0 aliphatic carbocycles. The number of hydrogen-bond donors (Lipinski definition) is 2. The minimum absolute atomic E-state index is 0.210. The molecule has 0 spiro atoms. The van der Waals surface area contributed by atoms with Crippen LogP contribution in [0.15, 0.2) is 36.5 Å². The van der Waals surface area contributed by atoms with E-state index in [2.05, 4.69) is 39.5 Å².